The number of benzene rings is 2. The van der Waals surface area contributed by atoms with Crippen molar-refractivity contribution in [1.82, 2.24) is 9.55 Å². The molecular weight excluding hydrogens is 504 g/mol. The van der Waals surface area contributed by atoms with Crippen molar-refractivity contribution in [1.29, 1.82) is 5.26 Å². The lowest BCUT2D eigenvalue weighted by molar-refractivity contribution is -0.116. The molecule has 0 bridgehead atoms. The fourth-order valence-corrected chi connectivity index (χ4v) is 4.14. The number of halogens is 1. The number of nitrogens with one attached hydrogen (secondary N) is 2. The van der Waals surface area contributed by atoms with E-state index in [0.29, 0.717) is 38.8 Å². The van der Waals surface area contributed by atoms with Gasteiger partial charge in [0.25, 0.3) is 5.91 Å². The van der Waals surface area contributed by atoms with Crippen LogP contribution in [0.25, 0.3) is 22.4 Å². The molecule has 4 rings (SSSR count). The molecule has 2 amide bonds. The van der Waals surface area contributed by atoms with Gasteiger partial charge in [-0.3, -0.25) is 9.59 Å². The Balaban J connectivity index is 1.85. The number of nitrogens with two attached hydrogens (primary N) is 1. The van der Waals surface area contributed by atoms with E-state index in [4.69, 9.17) is 17.3 Å². The number of amides is 2. The van der Waals surface area contributed by atoms with E-state index < -0.39 is 5.91 Å². The number of aryl methyl sites for hydroxylation is 1. The van der Waals surface area contributed by atoms with Crippen molar-refractivity contribution in [3.05, 3.63) is 83.1 Å². The fraction of sp³-hybridized carbons (Fsp3) is 0.143. The third-order valence-corrected chi connectivity index (χ3v) is 5.98. The maximum Gasteiger partial charge on any atom is 0.273 e. The maximum atomic E-state index is 13.0. The van der Waals surface area contributed by atoms with Gasteiger partial charge in [-0.2, -0.15) is 5.26 Å². The maximum absolute atomic E-state index is 13.0. The number of phenols is 1. The van der Waals surface area contributed by atoms with Crippen molar-refractivity contribution >= 4 is 34.9 Å². The van der Waals surface area contributed by atoms with Crippen molar-refractivity contribution in [2.45, 2.75) is 19.4 Å². The second-order valence-electron chi connectivity index (χ2n) is 8.82. The Labute approximate surface area is 224 Å². The summed E-state index contributed by atoms with van der Waals surface area (Å²) < 4.78 is 1.64. The number of carbonyl (C=O) groups is 2. The first-order chi connectivity index (χ1) is 18.2. The Morgan fingerprint density at radius 2 is 1.92 bits per heavy atom. The molecule has 0 aliphatic carbocycles. The second kappa shape index (κ2) is 11.2. The van der Waals surface area contributed by atoms with Crippen LogP contribution in [0, 0.1) is 11.3 Å². The summed E-state index contributed by atoms with van der Waals surface area (Å²) in [5.41, 5.74) is 8.43. The van der Waals surface area contributed by atoms with Gasteiger partial charge < -0.3 is 26.0 Å². The molecule has 2 heterocycles. The lowest BCUT2D eigenvalue weighted by Crippen LogP contribution is -2.23. The standard InChI is InChI=1S/C28H25ClN6O3/c1-16(31)11-26(37)32-19-6-3-5-17(12-19)21-14-23(20-9-8-18(29)13-25(20)36)33-27(22(21)15-30)34-28(38)24-7-4-10-35(24)2/h3-10,12-14,16,36H,11,31H2,1-2H3,(H,32,37)(H,33,34,38). The third kappa shape index (κ3) is 5.83. The molecule has 0 aliphatic rings. The SMILES string of the molecule is CC(N)CC(=O)Nc1cccc(-c2cc(-c3ccc(Cl)cc3O)nc(NC(=O)c3cccn3C)c2C#N)c1. The van der Waals surface area contributed by atoms with E-state index in [1.165, 1.54) is 6.07 Å². The van der Waals surface area contributed by atoms with Crippen molar-refractivity contribution in [3.63, 3.8) is 0 Å². The summed E-state index contributed by atoms with van der Waals surface area (Å²) in [6, 6.07) is 18.4. The van der Waals surface area contributed by atoms with E-state index >= 15 is 0 Å². The number of aromatic hydroxyl groups is 1. The number of aromatic nitrogens is 2. The molecule has 38 heavy (non-hydrogen) atoms. The minimum atomic E-state index is -0.457. The Hall–Kier alpha value is -4.65. The van der Waals surface area contributed by atoms with Crippen LogP contribution in [0.1, 0.15) is 29.4 Å². The molecule has 9 nitrogen and oxygen atoms in total. The predicted octanol–water partition coefficient (Wildman–Crippen LogP) is 4.91. The van der Waals surface area contributed by atoms with E-state index in [1.807, 2.05) is 0 Å². The second-order valence-corrected chi connectivity index (χ2v) is 9.26. The van der Waals surface area contributed by atoms with E-state index in [9.17, 15) is 20.0 Å². The molecule has 0 saturated carbocycles. The minimum absolute atomic E-state index is 0.0203. The fourth-order valence-electron chi connectivity index (χ4n) is 3.97. The largest absolute Gasteiger partial charge is 0.507 e. The average Bonchev–Trinajstić information content (AvgIpc) is 3.29. The number of rotatable bonds is 7. The number of phenolic OH excluding ortho intramolecular Hbond substituents is 1. The van der Waals surface area contributed by atoms with Crippen LogP contribution in [0.3, 0.4) is 0 Å². The van der Waals surface area contributed by atoms with Crippen molar-refractivity contribution in [3.8, 4) is 34.2 Å². The number of carbonyl (C=O) groups excluding carboxylic acids is 2. The summed E-state index contributed by atoms with van der Waals surface area (Å²) in [4.78, 5) is 29.8. The lowest BCUT2D eigenvalue weighted by atomic mass is 9.97. The molecule has 0 saturated heterocycles. The number of pyridine rings is 1. The van der Waals surface area contributed by atoms with Crippen LogP contribution in [0.2, 0.25) is 5.02 Å². The van der Waals surface area contributed by atoms with Gasteiger partial charge in [-0.15, -0.1) is 0 Å². The van der Waals surface area contributed by atoms with E-state index in [1.54, 1.807) is 79.3 Å². The normalized spacial score (nSPS) is 11.4. The van der Waals surface area contributed by atoms with Gasteiger partial charge in [-0.05, 0) is 61.0 Å². The molecule has 0 aliphatic heterocycles. The summed E-state index contributed by atoms with van der Waals surface area (Å²) in [5.74, 6) is -0.791. The number of hydrogen-bond donors (Lipinski definition) is 4. The number of nitriles is 1. The lowest BCUT2D eigenvalue weighted by Gasteiger charge is -2.15. The van der Waals surface area contributed by atoms with Crippen molar-refractivity contribution in [2.24, 2.45) is 12.8 Å². The third-order valence-electron chi connectivity index (χ3n) is 5.74. The number of hydrogen-bond acceptors (Lipinski definition) is 6. The average molecular weight is 529 g/mol. The van der Waals surface area contributed by atoms with Crippen LogP contribution in [0.4, 0.5) is 11.5 Å². The Kier molecular flexibility index (Phi) is 7.76. The van der Waals surface area contributed by atoms with Gasteiger partial charge in [0.1, 0.15) is 23.1 Å². The molecule has 1 unspecified atom stereocenters. The predicted molar refractivity (Wildman–Crippen MR) is 147 cm³/mol. The van der Waals surface area contributed by atoms with E-state index in [-0.39, 0.29) is 35.5 Å². The van der Waals surface area contributed by atoms with Gasteiger partial charge in [0.05, 0.1) is 5.69 Å². The van der Waals surface area contributed by atoms with Crippen LogP contribution in [0.15, 0.2) is 66.9 Å². The van der Waals surface area contributed by atoms with Gasteiger partial charge in [-0.1, -0.05) is 23.7 Å². The van der Waals surface area contributed by atoms with Gasteiger partial charge in [0.2, 0.25) is 5.91 Å². The molecule has 0 radical (unpaired) electrons. The molecule has 2 aromatic carbocycles. The van der Waals surface area contributed by atoms with Crippen LogP contribution in [-0.4, -0.2) is 32.5 Å². The van der Waals surface area contributed by atoms with Crippen LogP contribution in [-0.2, 0) is 11.8 Å². The highest BCUT2D eigenvalue weighted by Gasteiger charge is 2.20. The zero-order valence-corrected chi connectivity index (χ0v) is 21.5. The molecule has 4 aromatic rings. The summed E-state index contributed by atoms with van der Waals surface area (Å²) in [5, 5.41) is 26.6. The summed E-state index contributed by atoms with van der Waals surface area (Å²) in [6.45, 7) is 1.74. The van der Waals surface area contributed by atoms with Crippen LogP contribution < -0.4 is 16.4 Å². The molecule has 192 valence electrons. The van der Waals surface area contributed by atoms with Gasteiger partial charge in [0.15, 0.2) is 5.82 Å². The van der Waals surface area contributed by atoms with E-state index in [0.717, 1.165) is 0 Å². The Morgan fingerprint density at radius 1 is 1.13 bits per heavy atom. The molecule has 10 heteroatoms. The topological polar surface area (TPSA) is 146 Å². The monoisotopic (exact) mass is 528 g/mol. The molecule has 2 aromatic heterocycles. The quantitative estimate of drug-likeness (QED) is 0.268. The first kappa shape index (κ1) is 26.4. The molecular formula is C28H25ClN6O3. The summed E-state index contributed by atoms with van der Waals surface area (Å²) in [6.07, 6.45) is 1.88. The van der Waals surface area contributed by atoms with Crippen LogP contribution >= 0.6 is 11.6 Å². The number of nitrogens with zero attached hydrogens (tertiary/aromatic N) is 3. The molecule has 1 atom stereocenters. The molecule has 0 spiro atoms. The highest BCUT2D eigenvalue weighted by Crippen LogP contribution is 2.37. The summed E-state index contributed by atoms with van der Waals surface area (Å²) >= 11 is 6.02. The van der Waals surface area contributed by atoms with Crippen molar-refractivity contribution in [2.75, 3.05) is 10.6 Å². The smallest absolute Gasteiger partial charge is 0.273 e. The van der Waals surface area contributed by atoms with Crippen molar-refractivity contribution < 1.29 is 14.7 Å². The highest BCUT2D eigenvalue weighted by molar-refractivity contribution is 6.30. The molecule has 5 N–H and O–H groups in total. The first-order valence-electron chi connectivity index (χ1n) is 11.7. The van der Waals surface area contributed by atoms with Gasteiger partial charge >= 0.3 is 0 Å². The van der Waals surface area contributed by atoms with Gasteiger partial charge in [0, 0.05) is 47.5 Å². The highest BCUT2D eigenvalue weighted by atomic mass is 35.5. The van der Waals surface area contributed by atoms with Gasteiger partial charge in [-0.25, -0.2) is 4.98 Å². The zero-order chi connectivity index (χ0) is 27.4. The van der Waals surface area contributed by atoms with E-state index in [2.05, 4.69) is 21.7 Å². The number of anilines is 2. The Bertz CT molecular complexity index is 1570. The Morgan fingerprint density at radius 3 is 2.58 bits per heavy atom. The zero-order valence-electron chi connectivity index (χ0n) is 20.7. The first-order valence-corrected chi connectivity index (χ1v) is 12.1. The minimum Gasteiger partial charge on any atom is -0.507 e. The van der Waals surface area contributed by atoms with Crippen LogP contribution in [0.5, 0.6) is 5.75 Å². The summed E-state index contributed by atoms with van der Waals surface area (Å²) in [7, 11) is 1.73. The molecule has 0 fully saturated rings.